The van der Waals surface area contributed by atoms with Crippen LogP contribution in [0, 0.1) is 5.95 Å². The zero-order valence-corrected chi connectivity index (χ0v) is 10.3. The Hall–Kier alpha value is -2.64. The Morgan fingerprint density at radius 1 is 1.25 bits per heavy atom. The third kappa shape index (κ3) is 1.61. The maximum absolute atomic E-state index is 13.8. The van der Waals surface area contributed by atoms with Crippen LogP contribution >= 0.6 is 0 Å². The van der Waals surface area contributed by atoms with Gasteiger partial charge >= 0.3 is 0 Å². The maximum atomic E-state index is 13.8. The molecule has 0 aliphatic heterocycles. The summed E-state index contributed by atoms with van der Waals surface area (Å²) in [5, 5.41) is 21.0. The van der Waals surface area contributed by atoms with Crippen molar-refractivity contribution in [2.75, 3.05) is 0 Å². The number of aromatic nitrogens is 7. The fraction of sp³-hybridized carbons (Fsp3) is 0.250. The second-order valence-electron chi connectivity index (χ2n) is 4.75. The van der Waals surface area contributed by atoms with Crippen molar-refractivity contribution in [3.63, 3.8) is 0 Å². The fourth-order valence-electron chi connectivity index (χ4n) is 2.72. The average molecular weight is 271 g/mol. The lowest BCUT2D eigenvalue weighted by atomic mass is 9.97. The quantitative estimate of drug-likeness (QED) is 0.678. The molecule has 0 fully saturated rings. The Morgan fingerprint density at radius 3 is 3.00 bits per heavy atom. The van der Waals surface area contributed by atoms with Crippen molar-refractivity contribution in [3.8, 4) is 11.5 Å². The number of tetrazole rings is 1. The summed E-state index contributed by atoms with van der Waals surface area (Å²) < 4.78 is 13.8. The predicted octanol–water partition coefficient (Wildman–Crippen LogP) is 1.01. The molecular formula is C12H10FN7. The number of hydrogen-bond donors (Lipinski definition) is 2. The molecule has 1 unspecified atom stereocenters. The Bertz CT molecular complexity index is 749. The number of rotatable bonds is 2. The van der Waals surface area contributed by atoms with E-state index >= 15 is 0 Å². The van der Waals surface area contributed by atoms with Crippen LogP contribution in [-0.2, 0) is 12.8 Å². The molecule has 3 heterocycles. The van der Waals surface area contributed by atoms with Gasteiger partial charge in [-0.3, -0.25) is 5.10 Å². The molecule has 0 bridgehead atoms. The van der Waals surface area contributed by atoms with E-state index in [2.05, 4.69) is 35.8 Å². The van der Waals surface area contributed by atoms with Gasteiger partial charge in [-0.2, -0.15) is 14.7 Å². The largest absolute Gasteiger partial charge is 0.282 e. The summed E-state index contributed by atoms with van der Waals surface area (Å²) in [6.45, 7) is 0. The van der Waals surface area contributed by atoms with Crippen LogP contribution in [0.5, 0.6) is 0 Å². The van der Waals surface area contributed by atoms with Crippen LogP contribution in [0.3, 0.4) is 0 Å². The third-order valence-electron chi connectivity index (χ3n) is 3.64. The molecule has 2 N–H and O–H groups in total. The molecular weight excluding hydrogens is 261 g/mol. The minimum atomic E-state index is -0.406. The van der Waals surface area contributed by atoms with Crippen molar-refractivity contribution in [2.24, 2.45) is 0 Å². The highest BCUT2D eigenvalue weighted by Gasteiger charge is 2.31. The summed E-state index contributed by atoms with van der Waals surface area (Å²) >= 11 is 0. The van der Waals surface area contributed by atoms with E-state index in [1.807, 2.05) is 0 Å². The molecule has 20 heavy (non-hydrogen) atoms. The smallest absolute Gasteiger partial charge is 0.225 e. The molecule has 0 aromatic carbocycles. The van der Waals surface area contributed by atoms with Gasteiger partial charge in [0.2, 0.25) is 11.8 Å². The summed E-state index contributed by atoms with van der Waals surface area (Å²) in [5.41, 5.74) is 3.34. The number of hydrogen-bond acceptors (Lipinski definition) is 5. The van der Waals surface area contributed by atoms with Crippen LogP contribution in [0.2, 0.25) is 0 Å². The number of pyridine rings is 1. The minimum Gasteiger partial charge on any atom is -0.282 e. The van der Waals surface area contributed by atoms with Gasteiger partial charge in [0.1, 0.15) is 5.69 Å². The molecule has 0 saturated carbocycles. The van der Waals surface area contributed by atoms with Crippen molar-refractivity contribution in [2.45, 2.75) is 18.8 Å². The van der Waals surface area contributed by atoms with E-state index in [0.29, 0.717) is 29.9 Å². The number of aromatic amines is 2. The van der Waals surface area contributed by atoms with E-state index in [4.69, 9.17) is 0 Å². The molecule has 0 spiro atoms. The van der Waals surface area contributed by atoms with Crippen molar-refractivity contribution in [3.05, 3.63) is 41.1 Å². The first-order chi connectivity index (χ1) is 9.83. The normalized spacial score (nSPS) is 17.4. The molecule has 0 saturated heterocycles. The lowest BCUT2D eigenvalue weighted by Gasteiger charge is -2.09. The van der Waals surface area contributed by atoms with Gasteiger partial charge in [0.05, 0.1) is 0 Å². The number of H-pyrrole nitrogens is 2. The highest BCUT2D eigenvalue weighted by atomic mass is 19.1. The first-order valence-electron chi connectivity index (χ1n) is 6.23. The minimum absolute atomic E-state index is 0.0681. The van der Waals surface area contributed by atoms with Crippen LogP contribution in [0.15, 0.2) is 18.3 Å². The average Bonchev–Trinajstić information content (AvgIpc) is 3.14. The molecule has 4 rings (SSSR count). The van der Waals surface area contributed by atoms with Crippen LogP contribution in [0.4, 0.5) is 4.39 Å². The number of nitrogens with zero attached hydrogens (tertiary/aromatic N) is 5. The van der Waals surface area contributed by atoms with Gasteiger partial charge < -0.3 is 0 Å². The zero-order chi connectivity index (χ0) is 13.5. The van der Waals surface area contributed by atoms with Crippen molar-refractivity contribution in [1.82, 2.24) is 35.8 Å². The molecule has 100 valence electrons. The van der Waals surface area contributed by atoms with Gasteiger partial charge in [0, 0.05) is 23.0 Å². The number of halogens is 1. The first-order valence-corrected chi connectivity index (χ1v) is 6.23. The van der Waals surface area contributed by atoms with E-state index in [9.17, 15) is 4.39 Å². The van der Waals surface area contributed by atoms with E-state index < -0.39 is 5.95 Å². The summed E-state index contributed by atoms with van der Waals surface area (Å²) in [5.74, 6) is 0.116. The first kappa shape index (κ1) is 11.2. The Kier molecular flexibility index (Phi) is 2.35. The SMILES string of the molecule is Fc1ncccc1C1Cc2[nH]nc(-c3nn[nH]n3)c2C1. The van der Waals surface area contributed by atoms with Crippen molar-refractivity contribution in [1.29, 1.82) is 0 Å². The van der Waals surface area contributed by atoms with E-state index in [0.717, 1.165) is 11.3 Å². The van der Waals surface area contributed by atoms with Gasteiger partial charge in [-0.15, -0.1) is 10.2 Å². The summed E-state index contributed by atoms with van der Waals surface area (Å²) in [6.07, 6.45) is 2.86. The summed E-state index contributed by atoms with van der Waals surface area (Å²) in [7, 11) is 0. The predicted molar refractivity (Wildman–Crippen MR) is 66.1 cm³/mol. The molecule has 3 aromatic rings. The Balaban J connectivity index is 1.70. The lowest BCUT2D eigenvalue weighted by Crippen LogP contribution is -2.04. The third-order valence-corrected chi connectivity index (χ3v) is 3.64. The van der Waals surface area contributed by atoms with Crippen LogP contribution < -0.4 is 0 Å². The van der Waals surface area contributed by atoms with Crippen molar-refractivity contribution >= 4 is 0 Å². The zero-order valence-electron chi connectivity index (χ0n) is 10.3. The van der Waals surface area contributed by atoms with Gasteiger partial charge in [-0.05, 0) is 30.0 Å². The molecule has 0 radical (unpaired) electrons. The van der Waals surface area contributed by atoms with E-state index in [1.165, 1.54) is 6.20 Å². The van der Waals surface area contributed by atoms with E-state index in [1.54, 1.807) is 12.1 Å². The molecule has 1 atom stereocenters. The molecule has 7 nitrogen and oxygen atoms in total. The van der Waals surface area contributed by atoms with Crippen LogP contribution in [0.1, 0.15) is 22.7 Å². The number of nitrogens with one attached hydrogen (secondary N) is 2. The molecule has 1 aliphatic rings. The van der Waals surface area contributed by atoms with Gasteiger partial charge in [-0.25, -0.2) is 4.98 Å². The Labute approximate surface area is 112 Å². The summed E-state index contributed by atoms with van der Waals surface area (Å²) in [4.78, 5) is 3.71. The summed E-state index contributed by atoms with van der Waals surface area (Å²) in [6, 6.07) is 3.53. The van der Waals surface area contributed by atoms with Gasteiger partial charge in [0.15, 0.2) is 0 Å². The second-order valence-corrected chi connectivity index (χ2v) is 4.75. The van der Waals surface area contributed by atoms with Gasteiger partial charge in [-0.1, -0.05) is 6.07 Å². The highest BCUT2D eigenvalue weighted by Crippen LogP contribution is 2.37. The number of fused-ring (bicyclic) bond motifs is 1. The fourth-order valence-corrected chi connectivity index (χ4v) is 2.72. The van der Waals surface area contributed by atoms with E-state index in [-0.39, 0.29) is 5.92 Å². The highest BCUT2D eigenvalue weighted by molar-refractivity contribution is 5.57. The second kappa shape index (κ2) is 4.19. The standard InChI is InChI=1S/C12H10FN7/c13-11-7(2-1-3-14-11)6-4-8-9(5-6)15-16-10(8)12-17-19-20-18-12/h1-3,6H,4-5H2,(H,15,16)(H,17,18,19,20). The molecule has 1 aliphatic carbocycles. The Morgan fingerprint density at radius 2 is 2.20 bits per heavy atom. The maximum Gasteiger partial charge on any atom is 0.225 e. The van der Waals surface area contributed by atoms with Gasteiger partial charge in [0.25, 0.3) is 0 Å². The molecule has 3 aromatic heterocycles. The lowest BCUT2D eigenvalue weighted by molar-refractivity contribution is 0.544. The monoisotopic (exact) mass is 271 g/mol. The topological polar surface area (TPSA) is 96.0 Å². The molecule has 8 heteroatoms. The van der Waals surface area contributed by atoms with Crippen LogP contribution in [0.25, 0.3) is 11.5 Å². The van der Waals surface area contributed by atoms with Crippen molar-refractivity contribution < 1.29 is 4.39 Å². The van der Waals surface area contributed by atoms with Crippen LogP contribution in [-0.4, -0.2) is 35.8 Å². The molecule has 0 amide bonds.